The van der Waals surface area contributed by atoms with E-state index >= 15 is 0 Å². The van der Waals surface area contributed by atoms with E-state index in [4.69, 9.17) is 4.74 Å². The van der Waals surface area contributed by atoms with Crippen molar-refractivity contribution in [2.45, 2.75) is 254 Å². The predicted octanol–water partition coefficient (Wildman–Crippen LogP) is 17.3. The van der Waals surface area contributed by atoms with Crippen LogP contribution in [0.5, 0.6) is 0 Å². The summed E-state index contributed by atoms with van der Waals surface area (Å²) in [4.78, 5) is 0. The van der Waals surface area contributed by atoms with Crippen molar-refractivity contribution in [2.24, 2.45) is 0 Å². The van der Waals surface area contributed by atoms with Gasteiger partial charge in [-0.1, -0.05) is 240 Å². The van der Waals surface area contributed by atoms with Crippen LogP contribution in [0.3, 0.4) is 0 Å². The second-order valence-electron chi connectivity index (χ2n) is 9.78. The fourth-order valence-corrected chi connectivity index (χ4v) is 0.204. The number of hydrogen-bond donors (Lipinski definition) is 0. The third kappa shape index (κ3) is 479. The van der Waals surface area contributed by atoms with Gasteiger partial charge in [-0.2, -0.15) is 0 Å². The van der Waals surface area contributed by atoms with Gasteiger partial charge in [0.15, 0.2) is 0 Å². The maximum Gasteiger partial charge on any atom is 0.0437 e. The molecule has 0 amide bonds. The van der Waals surface area contributed by atoms with E-state index in [0.717, 1.165) is 13.2 Å². The van der Waals surface area contributed by atoms with Gasteiger partial charge >= 0.3 is 0 Å². The Morgan fingerprint density at radius 1 is 0.171 bits per heavy atom. The van der Waals surface area contributed by atoms with Gasteiger partial charge in [-0.05, 0) is 13.8 Å². The van der Waals surface area contributed by atoms with E-state index in [1.54, 1.807) is 0 Å². The monoisotopic (exact) mass is 597 g/mol. The van der Waals surface area contributed by atoms with E-state index in [1.165, 1.54) is 116 Å². The van der Waals surface area contributed by atoms with Crippen molar-refractivity contribution in [2.75, 3.05) is 13.2 Å². The number of hydrogen-bond acceptors (Lipinski definition) is 1. The maximum atomic E-state index is 4.83. The van der Waals surface area contributed by atoms with Crippen LogP contribution in [0.25, 0.3) is 0 Å². The molecule has 0 aliphatic heterocycles. The third-order valence-corrected chi connectivity index (χ3v) is 4.91. The van der Waals surface area contributed by atoms with Gasteiger partial charge in [0, 0.05) is 13.2 Å². The summed E-state index contributed by atoms with van der Waals surface area (Å²) in [5.74, 6) is 0. The summed E-state index contributed by atoms with van der Waals surface area (Å²) in [6, 6.07) is 0. The Morgan fingerprint density at radius 3 is 0.244 bits per heavy atom. The van der Waals surface area contributed by atoms with E-state index < -0.39 is 0 Å². The van der Waals surface area contributed by atoms with Crippen LogP contribution in [0.15, 0.2) is 0 Å². The molecule has 0 aromatic rings. The first-order valence-corrected chi connectivity index (χ1v) is 19.2. The van der Waals surface area contributed by atoms with Crippen LogP contribution < -0.4 is 0 Å². The molecule has 0 radical (unpaired) electrons. The lowest BCUT2D eigenvalue weighted by atomic mass is 10.4. The molecule has 0 fully saturated rings. The average Bonchev–Trinajstić information content (AvgIpc) is 3.05. The molecule has 0 atom stereocenters. The molecule has 1 nitrogen and oxygen atoms in total. The molecule has 0 saturated carbocycles. The fraction of sp³-hybridized carbons (Fsp3) is 1.00. The van der Waals surface area contributed by atoms with E-state index in [2.05, 4.69) is 125 Å². The Morgan fingerprint density at radius 2 is 0.244 bits per heavy atom. The minimum atomic E-state index is 0.844. The minimum absolute atomic E-state index is 0.844. The van der Waals surface area contributed by atoms with Crippen LogP contribution in [0.4, 0.5) is 0 Å². The molecule has 0 heterocycles. The summed E-state index contributed by atoms with van der Waals surface area (Å²) in [7, 11) is 0. The Labute approximate surface area is 271 Å². The number of unbranched alkanes of at least 4 members (excludes halogenated alkanes) is 9. The second kappa shape index (κ2) is 138. The van der Waals surface area contributed by atoms with E-state index in [9.17, 15) is 0 Å². The molecule has 41 heavy (non-hydrogen) atoms. The molecule has 0 aliphatic rings. The predicted molar refractivity (Wildman–Crippen MR) is 207 cm³/mol. The van der Waals surface area contributed by atoms with Crippen molar-refractivity contribution in [3.8, 4) is 0 Å². The smallest absolute Gasteiger partial charge is 0.0437 e. The molecule has 0 unspecified atom stereocenters. The van der Waals surface area contributed by atoms with Gasteiger partial charge in [-0.15, -0.1) is 0 Å². The van der Waals surface area contributed by atoms with Crippen molar-refractivity contribution in [3.63, 3.8) is 0 Å². The summed E-state index contributed by atoms with van der Waals surface area (Å²) in [6.45, 7) is 44.9. The molecule has 0 spiro atoms. The zero-order valence-corrected chi connectivity index (χ0v) is 34.6. The van der Waals surface area contributed by atoms with Crippen LogP contribution >= 0.6 is 0 Å². The lowest BCUT2D eigenvalue weighted by molar-refractivity contribution is 0.162. The molecule has 0 aromatic carbocycles. The van der Waals surface area contributed by atoms with Crippen LogP contribution in [0.2, 0.25) is 0 Å². The lowest BCUT2D eigenvalue weighted by Crippen LogP contribution is -1.84. The summed E-state index contributed by atoms with van der Waals surface area (Å²) in [5.41, 5.74) is 0. The third-order valence-electron chi connectivity index (χ3n) is 4.91. The van der Waals surface area contributed by atoms with Gasteiger partial charge in [0.05, 0.1) is 0 Å². The Bertz CT molecular complexity index is 114. The SMILES string of the molecule is CCCC.CCCC.CCCC.CCCC.CCCC.CCCC.CCCC.CCCC.CCCC.CCOCC. The van der Waals surface area contributed by atoms with Crippen LogP contribution in [-0.2, 0) is 4.74 Å². The zero-order chi connectivity index (χ0) is 34.8. The van der Waals surface area contributed by atoms with E-state index in [0.29, 0.717) is 0 Å². The summed E-state index contributed by atoms with van der Waals surface area (Å²) >= 11 is 0. The maximum absolute atomic E-state index is 4.83. The zero-order valence-electron chi connectivity index (χ0n) is 34.6. The normalized spacial score (nSPS) is 7.61. The summed E-state index contributed by atoms with van der Waals surface area (Å²) in [5, 5.41) is 0. The molecule has 0 rings (SSSR count). The first kappa shape index (κ1) is 68.2. The topological polar surface area (TPSA) is 9.23 Å². The van der Waals surface area contributed by atoms with Crippen LogP contribution in [0, 0.1) is 0 Å². The molecule has 0 aliphatic carbocycles. The van der Waals surface area contributed by atoms with Crippen molar-refractivity contribution in [1.29, 1.82) is 0 Å². The molecule has 1 heteroatoms. The molecule has 0 aromatic heterocycles. The fourth-order valence-electron chi connectivity index (χ4n) is 0.204. The first-order valence-electron chi connectivity index (χ1n) is 19.2. The molecule has 0 saturated heterocycles. The van der Waals surface area contributed by atoms with Gasteiger partial charge < -0.3 is 4.74 Å². The summed E-state index contributed by atoms with van der Waals surface area (Å²) < 4.78 is 4.83. The van der Waals surface area contributed by atoms with Gasteiger partial charge in [0.2, 0.25) is 0 Å². The average molecular weight is 597 g/mol. The van der Waals surface area contributed by atoms with Gasteiger partial charge in [0.25, 0.3) is 0 Å². The first-order chi connectivity index (χ1) is 19.6. The van der Waals surface area contributed by atoms with Crippen LogP contribution in [0.1, 0.15) is 254 Å². The highest BCUT2D eigenvalue weighted by Gasteiger charge is 1.64. The van der Waals surface area contributed by atoms with Gasteiger partial charge in [0.1, 0.15) is 0 Å². The molecular weight excluding hydrogens is 496 g/mol. The van der Waals surface area contributed by atoms with E-state index in [1.807, 2.05) is 13.8 Å². The Kier molecular flexibility index (Phi) is 230. The molecular formula is C40H100O. The highest BCUT2D eigenvalue weighted by atomic mass is 16.5. The Hall–Kier alpha value is -0.0400. The standard InChI is InChI=1S/C4H10O.9C4H10/c1-3-5-4-2;9*1-3-4-2/h3-4H2,1-2H3;9*3-4H2,1-2H3. The van der Waals surface area contributed by atoms with Crippen molar-refractivity contribution < 1.29 is 4.74 Å². The molecule has 266 valence electrons. The van der Waals surface area contributed by atoms with Crippen molar-refractivity contribution in [1.82, 2.24) is 0 Å². The van der Waals surface area contributed by atoms with E-state index in [-0.39, 0.29) is 0 Å². The highest BCUT2D eigenvalue weighted by Crippen LogP contribution is 1.79. The largest absolute Gasteiger partial charge is 0.382 e. The van der Waals surface area contributed by atoms with Gasteiger partial charge in [-0.25, -0.2) is 0 Å². The number of rotatable bonds is 11. The lowest BCUT2D eigenvalue weighted by Gasteiger charge is -1.86. The minimum Gasteiger partial charge on any atom is -0.382 e. The second-order valence-corrected chi connectivity index (χ2v) is 9.78. The Balaban J connectivity index is -0.0000000326. The molecule has 0 bridgehead atoms. The quantitative estimate of drug-likeness (QED) is 0.230. The van der Waals surface area contributed by atoms with Crippen molar-refractivity contribution >= 4 is 0 Å². The van der Waals surface area contributed by atoms with Crippen molar-refractivity contribution in [3.05, 3.63) is 0 Å². The summed E-state index contributed by atoms with van der Waals surface area (Å²) in [6.07, 6.45) is 23.7. The molecule has 0 N–H and O–H groups in total. The number of ether oxygens (including phenoxy) is 1. The highest BCUT2D eigenvalue weighted by molar-refractivity contribution is 4.15. The van der Waals surface area contributed by atoms with Gasteiger partial charge in [-0.3, -0.25) is 0 Å². The van der Waals surface area contributed by atoms with Crippen LogP contribution in [-0.4, -0.2) is 13.2 Å².